The Labute approximate surface area is 174 Å². The largest absolute Gasteiger partial charge is 0.436 e. The van der Waals surface area contributed by atoms with Gasteiger partial charge in [-0.15, -0.1) is 0 Å². The van der Waals surface area contributed by atoms with E-state index in [2.05, 4.69) is 9.88 Å². The standard InChI is InChI=1S/C20H25ClN4O4/c1-20(14-24-12-18(25(26)27)22-19(24)29-20)13-23-9-6-17(7-10-23)28-11-8-15-2-4-16(21)5-3-15/h2-5,12,17H,6-11,13-14H2,1H3/t20-/m0/s1. The lowest BCUT2D eigenvalue weighted by Gasteiger charge is -2.36. The molecule has 8 nitrogen and oxygen atoms in total. The van der Waals surface area contributed by atoms with Crippen molar-refractivity contribution in [1.29, 1.82) is 0 Å². The molecular formula is C20H25ClN4O4. The van der Waals surface area contributed by atoms with Crippen molar-refractivity contribution in [2.75, 3.05) is 26.2 Å². The van der Waals surface area contributed by atoms with E-state index in [4.69, 9.17) is 21.1 Å². The van der Waals surface area contributed by atoms with Gasteiger partial charge in [-0.05, 0) is 48.8 Å². The molecule has 0 unspecified atom stereocenters. The van der Waals surface area contributed by atoms with Crippen LogP contribution in [0.2, 0.25) is 5.02 Å². The van der Waals surface area contributed by atoms with E-state index in [9.17, 15) is 10.1 Å². The van der Waals surface area contributed by atoms with Crippen LogP contribution in [-0.2, 0) is 17.7 Å². The van der Waals surface area contributed by atoms with E-state index in [1.807, 2.05) is 31.2 Å². The molecule has 0 N–H and O–H groups in total. The third-order valence-electron chi connectivity index (χ3n) is 5.51. The molecule has 156 valence electrons. The number of hydrogen-bond donors (Lipinski definition) is 0. The lowest BCUT2D eigenvalue weighted by molar-refractivity contribution is -0.389. The van der Waals surface area contributed by atoms with Gasteiger partial charge in [-0.25, -0.2) is 0 Å². The second-order valence-corrected chi connectivity index (χ2v) is 8.48. The zero-order valence-corrected chi connectivity index (χ0v) is 17.2. The Bertz CT molecular complexity index is 838. The summed E-state index contributed by atoms with van der Waals surface area (Å²) in [6, 6.07) is 8.22. The lowest BCUT2D eigenvalue weighted by Crippen LogP contribution is -2.48. The van der Waals surface area contributed by atoms with Crippen molar-refractivity contribution in [2.45, 2.75) is 44.4 Å². The maximum Gasteiger partial charge on any atom is 0.415 e. The predicted molar refractivity (Wildman–Crippen MR) is 108 cm³/mol. The van der Waals surface area contributed by atoms with Gasteiger partial charge in [0.1, 0.15) is 11.8 Å². The van der Waals surface area contributed by atoms with Crippen molar-refractivity contribution in [3.8, 4) is 6.01 Å². The minimum Gasteiger partial charge on any atom is -0.436 e. The highest BCUT2D eigenvalue weighted by molar-refractivity contribution is 6.30. The maximum atomic E-state index is 10.8. The van der Waals surface area contributed by atoms with Crippen molar-refractivity contribution >= 4 is 17.4 Å². The number of benzene rings is 1. The number of halogens is 1. The summed E-state index contributed by atoms with van der Waals surface area (Å²) in [6.45, 7) is 5.98. The minimum atomic E-state index is -0.496. The van der Waals surface area contributed by atoms with E-state index in [-0.39, 0.29) is 11.9 Å². The highest BCUT2D eigenvalue weighted by atomic mass is 35.5. The van der Waals surface area contributed by atoms with E-state index < -0.39 is 10.5 Å². The highest BCUT2D eigenvalue weighted by Gasteiger charge is 2.41. The molecule has 1 fully saturated rings. The van der Waals surface area contributed by atoms with E-state index in [1.165, 1.54) is 11.8 Å². The van der Waals surface area contributed by atoms with Crippen molar-refractivity contribution < 1.29 is 14.4 Å². The summed E-state index contributed by atoms with van der Waals surface area (Å²) in [5.41, 5.74) is 0.815. The first-order valence-electron chi connectivity index (χ1n) is 9.89. The van der Waals surface area contributed by atoms with E-state index in [0.717, 1.165) is 43.9 Å². The van der Waals surface area contributed by atoms with Crippen LogP contribution in [0.5, 0.6) is 6.01 Å². The number of aromatic nitrogens is 2. The number of nitro groups is 1. The number of hydrogen-bond acceptors (Lipinski definition) is 6. The van der Waals surface area contributed by atoms with Crippen LogP contribution in [0.15, 0.2) is 30.5 Å². The quantitative estimate of drug-likeness (QED) is 0.504. The summed E-state index contributed by atoms with van der Waals surface area (Å²) in [5, 5.41) is 11.6. The van der Waals surface area contributed by atoms with E-state index >= 15 is 0 Å². The Morgan fingerprint density at radius 3 is 2.72 bits per heavy atom. The third kappa shape index (κ3) is 4.88. The molecule has 3 heterocycles. The average Bonchev–Trinajstić information content (AvgIpc) is 3.20. The second-order valence-electron chi connectivity index (χ2n) is 8.04. The molecule has 0 amide bonds. The minimum absolute atomic E-state index is 0.168. The molecule has 0 radical (unpaired) electrons. The summed E-state index contributed by atoms with van der Waals surface area (Å²) in [6.07, 6.45) is 4.61. The molecule has 0 aliphatic carbocycles. The number of likely N-dealkylation sites (tertiary alicyclic amines) is 1. The molecule has 0 spiro atoms. The van der Waals surface area contributed by atoms with E-state index in [1.54, 1.807) is 4.57 Å². The average molecular weight is 421 g/mol. The number of rotatable bonds is 7. The fourth-order valence-electron chi connectivity index (χ4n) is 4.07. The third-order valence-corrected chi connectivity index (χ3v) is 5.76. The van der Waals surface area contributed by atoms with Crippen LogP contribution in [0, 0.1) is 10.1 Å². The molecule has 1 atom stereocenters. The maximum absolute atomic E-state index is 10.8. The Hall–Kier alpha value is -2.16. The second kappa shape index (κ2) is 8.30. The molecule has 2 aliphatic rings. The first-order valence-corrected chi connectivity index (χ1v) is 10.3. The fraction of sp³-hybridized carbons (Fsp3) is 0.550. The topological polar surface area (TPSA) is 82.7 Å². The monoisotopic (exact) mass is 420 g/mol. The molecule has 1 saturated heterocycles. The van der Waals surface area contributed by atoms with Crippen LogP contribution in [0.1, 0.15) is 25.3 Å². The summed E-state index contributed by atoms with van der Waals surface area (Å²) in [7, 11) is 0. The van der Waals surface area contributed by atoms with Crippen LogP contribution in [0.4, 0.5) is 5.82 Å². The fourth-order valence-corrected chi connectivity index (χ4v) is 4.19. The van der Waals surface area contributed by atoms with Crippen LogP contribution >= 0.6 is 11.6 Å². The number of imidazole rings is 1. The zero-order chi connectivity index (χ0) is 20.4. The molecule has 1 aromatic heterocycles. The summed E-state index contributed by atoms with van der Waals surface area (Å²) in [4.78, 5) is 16.7. The van der Waals surface area contributed by atoms with Gasteiger partial charge in [-0.3, -0.25) is 9.47 Å². The van der Waals surface area contributed by atoms with Crippen LogP contribution in [-0.4, -0.2) is 57.3 Å². The Balaban J connectivity index is 1.19. The number of fused-ring (bicyclic) bond motifs is 1. The molecular weight excluding hydrogens is 396 g/mol. The van der Waals surface area contributed by atoms with E-state index in [0.29, 0.717) is 19.2 Å². The van der Waals surface area contributed by atoms with Crippen LogP contribution < -0.4 is 4.74 Å². The highest BCUT2D eigenvalue weighted by Crippen LogP contribution is 2.32. The lowest BCUT2D eigenvalue weighted by atomic mass is 10.0. The van der Waals surface area contributed by atoms with Gasteiger partial charge < -0.3 is 19.6 Å². The van der Waals surface area contributed by atoms with Crippen molar-refractivity contribution in [3.05, 3.63) is 51.2 Å². The number of ether oxygens (including phenoxy) is 2. The van der Waals surface area contributed by atoms with Gasteiger partial charge in [0.15, 0.2) is 0 Å². The van der Waals surface area contributed by atoms with Gasteiger partial charge in [0.05, 0.1) is 19.3 Å². The smallest absolute Gasteiger partial charge is 0.415 e. The molecule has 0 saturated carbocycles. The van der Waals surface area contributed by atoms with Gasteiger partial charge >= 0.3 is 11.8 Å². The van der Waals surface area contributed by atoms with Gasteiger partial charge in [-0.1, -0.05) is 23.7 Å². The number of piperidine rings is 1. The normalized spacial score (nSPS) is 22.4. The molecule has 9 heteroatoms. The Morgan fingerprint density at radius 1 is 1.34 bits per heavy atom. The van der Waals surface area contributed by atoms with Crippen molar-refractivity contribution in [1.82, 2.24) is 14.5 Å². The molecule has 1 aromatic carbocycles. The molecule has 0 bridgehead atoms. The Morgan fingerprint density at radius 2 is 2.07 bits per heavy atom. The summed E-state index contributed by atoms with van der Waals surface area (Å²) < 4.78 is 13.7. The molecule has 4 rings (SSSR count). The van der Waals surface area contributed by atoms with Crippen molar-refractivity contribution in [2.24, 2.45) is 0 Å². The Kier molecular flexibility index (Phi) is 5.76. The molecule has 2 aromatic rings. The summed E-state index contributed by atoms with van der Waals surface area (Å²) >= 11 is 5.91. The van der Waals surface area contributed by atoms with Gasteiger partial charge in [0, 0.05) is 29.6 Å². The first-order chi connectivity index (χ1) is 13.9. The predicted octanol–water partition coefficient (Wildman–Crippen LogP) is 3.32. The van der Waals surface area contributed by atoms with Gasteiger partial charge in [-0.2, -0.15) is 0 Å². The first kappa shape index (κ1) is 20.1. The summed E-state index contributed by atoms with van der Waals surface area (Å²) in [5.74, 6) is -0.168. The van der Waals surface area contributed by atoms with Crippen LogP contribution in [0.3, 0.4) is 0 Å². The molecule has 2 aliphatic heterocycles. The molecule has 29 heavy (non-hydrogen) atoms. The van der Waals surface area contributed by atoms with Crippen LogP contribution in [0.25, 0.3) is 0 Å². The SMILES string of the molecule is C[C@]1(CN2CCC(OCCc3ccc(Cl)cc3)CC2)Cn2cc([N+](=O)[O-])nc2O1. The van der Waals surface area contributed by atoms with Gasteiger partial charge in [0.2, 0.25) is 0 Å². The van der Waals surface area contributed by atoms with Crippen molar-refractivity contribution in [3.63, 3.8) is 0 Å². The van der Waals surface area contributed by atoms with Gasteiger partial charge in [0.25, 0.3) is 0 Å². The number of nitrogens with zero attached hydrogens (tertiary/aromatic N) is 4. The zero-order valence-electron chi connectivity index (χ0n) is 16.4.